The van der Waals surface area contributed by atoms with E-state index >= 15 is 0 Å². The van der Waals surface area contributed by atoms with Crippen molar-refractivity contribution in [2.45, 2.75) is 26.3 Å². The number of amides is 1. The van der Waals surface area contributed by atoms with Gasteiger partial charge in [-0.1, -0.05) is 22.9 Å². The van der Waals surface area contributed by atoms with Crippen LogP contribution in [-0.4, -0.2) is 17.6 Å². The lowest BCUT2D eigenvalue weighted by atomic mass is 10.2. The number of anilines is 1. The first-order valence-electron chi connectivity index (χ1n) is 6.79. The molecule has 0 atom stereocenters. The number of hydrogen-bond donors (Lipinski definition) is 1. The molecule has 0 aliphatic carbocycles. The Labute approximate surface area is 137 Å². The number of ether oxygens (including phenoxy) is 1. The SMILES string of the molecule is COc1ccc(NC(=O)CCCn2c(C)csc2=O)cc1Cl. The van der Waals surface area contributed by atoms with Crippen molar-refractivity contribution in [3.8, 4) is 5.75 Å². The van der Waals surface area contributed by atoms with E-state index in [1.54, 1.807) is 22.8 Å². The monoisotopic (exact) mass is 340 g/mol. The highest BCUT2D eigenvalue weighted by Gasteiger charge is 2.07. The van der Waals surface area contributed by atoms with Gasteiger partial charge in [-0.25, -0.2) is 0 Å². The highest BCUT2D eigenvalue weighted by atomic mass is 35.5. The molecule has 0 aliphatic heterocycles. The van der Waals surface area contributed by atoms with Crippen LogP contribution >= 0.6 is 22.9 Å². The minimum atomic E-state index is -0.109. The van der Waals surface area contributed by atoms with E-state index in [2.05, 4.69) is 5.32 Å². The number of benzene rings is 1. The highest BCUT2D eigenvalue weighted by Crippen LogP contribution is 2.27. The van der Waals surface area contributed by atoms with Crippen molar-refractivity contribution in [1.82, 2.24) is 4.57 Å². The lowest BCUT2D eigenvalue weighted by molar-refractivity contribution is -0.116. The topological polar surface area (TPSA) is 60.3 Å². The maximum Gasteiger partial charge on any atom is 0.307 e. The van der Waals surface area contributed by atoms with Crippen LogP contribution in [0.3, 0.4) is 0 Å². The minimum Gasteiger partial charge on any atom is -0.495 e. The molecule has 0 bridgehead atoms. The Kier molecular flexibility index (Phi) is 5.63. The van der Waals surface area contributed by atoms with E-state index in [1.165, 1.54) is 18.4 Å². The Morgan fingerprint density at radius 2 is 2.23 bits per heavy atom. The van der Waals surface area contributed by atoms with Crippen molar-refractivity contribution >= 4 is 34.5 Å². The van der Waals surface area contributed by atoms with Crippen LogP contribution in [0.1, 0.15) is 18.5 Å². The molecule has 118 valence electrons. The van der Waals surface area contributed by atoms with Gasteiger partial charge in [-0.15, -0.1) is 0 Å². The van der Waals surface area contributed by atoms with Gasteiger partial charge in [0, 0.05) is 29.7 Å². The van der Waals surface area contributed by atoms with E-state index in [4.69, 9.17) is 16.3 Å². The average molecular weight is 341 g/mol. The number of halogens is 1. The van der Waals surface area contributed by atoms with Gasteiger partial charge in [0.1, 0.15) is 5.75 Å². The average Bonchev–Trinajstić information content (AvgIpc) is 2.79. The number of aromatic nitrogens is 1. The second-order valence-electron chi connectivity index (χ2n) is 4.80. The number of nitrogens with zero attached hydrogens (tertiary/aromatic N) is 1. The number of methoxy groups -OCH3 is 1. The third kappa shape index (κ3) is 4.11. The number of thiazole rings is 1. The molecule has 1 amide bonds. The van der Waals surface area contributed by atoms with E-state index in [9.17, 15) is 9.59 Å². The second-order valence-corrected chi connectivity index (χ2v) is 6.02. The van der Waals surface area contributed by atoms with Gasteiger partial charge in [0.25, 0.3) is 0 Å². The maximum absolute atomic E-state index is 11.9. The zero-order valence-electron chi connectivity index (χ0n) is 12.4. The Balaban J connectivity index is 1.86. The fourth-order valence-electron chi connectivity index (χ4n) is 2.04. The summed E-state index contributed by atoms with van der Waals surface area (Å²) in [4.78, 5) is 23.5. The van der Waals surface area contributed by atoms with Crippen LogP contribution in [0.2, 0.25) is 5.02 Å². The molecule has 1 N–H and O–H groups in total. The third-order valence-electron chi connectivity index (χ3n) is 3.20. The molecule has 2 aromatic rings. The Hall–Kier alpha value is -1.79. The normalized spacial score (nSPS) is 10.5. The van der Waals surface area contributed by atoms with Gasteiger partial charge in [0.15, 0.2) is 0 Å². The summed E-state index contributed by atoms with van der Waals surface area (Å²) in [6, 6.07) is 5.08. The molecule has 2 rings (SSSR count). The molecule has 0 saturated heterocycles. The van der Waals surface area contributed by atoms with Gasteiger partial charge < -0.3 is 14.6 Å². The molecule has 1 heterocycles. The van der Waals surface area contributed by atoms with Crippen LogP contribution in [0.25, 0.3) is 0 Å². The van der Waals surface area contributed by atoms with E-state index in [0.29, 0.717) is 35.8 Å². The molecule has 0 spiro atoms. The predicted octanol–water partition coefficient (Wildman–Crippen LogP) is 3.30. The molecule has 0 radical (unpaired) electrons. The fourth-order valence-corrected chi connectivity index (χ4v) is 3.06. The summed E-state index contributed by atoms with van der Waals surface area (Å²) in [5.74, 6) is 0.453. The quantitative estimate of drug-likeness (QED) is 0.877. The molecule has 7 heteroatoms. The van der Waals surface area contributed by atoms with Crippen LogP contribution < -0.4 is 14.9 Å². The minimum absolute atomic E-state index is 0.0137. The molecule has 1 aromatic heterocycles. The summed E-state index contributed by atoms with van der Waals surface area (Å²) in [5.41, 5.74) is 1.55. The fraction of sp³-hybridized carbons (Fsp3) is 0.333. The van der Waals surface area contributed by atoms with Gasteiger partial charge in [-0.05, 0) is 31.5 Å². The molecular weight excluding hydrogens is 324 g/mol. The lowest BCUT2D eigenvalue weighted by Gasteiger charge is -2.08. The highest BCUT2D eigenvalue weighted by molar-refractivity contribution is 7.07. The van der Waals surface area contributed by atoms with Crippen molar-refractivity contribution in [1.29, 1.82) is 0 Å². The van der Waals surface area contributed by atoms with Crippen molar-refractivity contribution in [3.63, 3.8) is 0 Å². The summed E-state index contributed by atoms with van der Waals surface area (Å²) in [5, 5.41) is 5.05. The van der Waals surface area contributed by atoms with Gasteiger partial charge in [0.2, 0.25) is 5.91 Å². The zero-order valence-corrected chi connectivity index (χ0v) is 14.0. The van der Waals surface area contributed by atoms with Crippen LogP contribution in [0.5, 0.6) is 5.75 Å². The molecule has 0 unspecified atom stereocenters. The molecule has 1 aromatic carbocycles. The van der Waals surface area contributed by atoms with Crippen LogP contribution in [0, 0.1) is 6.92 Å². The summed E-state index contributed by atoms with van der Waals surface area (Å²) >= 11 is 7.18. The van der Waals surface area contributed by atoms with E-state index in [-0.39, 0.29) is 10.8 Å². The number of carbonyl (C=O) groups excluding carboxylic acids is 1. The summed E-state index contributed by atoms with van der Waals surface area (Å²) in [6.45, 7) is 2.43. The first-order valence-corrected chi connectivity index (χ1v) is 8.05. The van der Waals surface area contributed by atoms with Crippen molar-refractivity contribution < 1.29 is 9.53 Å². The first kappa shape index (κ1) is 16.6. The van der Waals surface area contributed by atoms with Crippen molar-refractivity contribution in [3.05, 3.63) is 44.0 Å². The number of nitrogens with one attached hydrogen (secondary N) is 1. The van der Waals surface area contributed by atoms with Crippen LogP contribution in [0.15, 0.2) is 28.4 Å². The molecule has 5 nitrogen and oxygen atoms in total. The second kappa shape index (κ2) is 7.47. The molecule has 0 saturated carbocycles. The summed E-state index contributed by atoms with van der Waals surface area (Å²) < 4.78 is 6.74. The molecular formula is C15H17ClN2O3S. The number of aryl methyl sites for hydroxylation is 1. The van der Waals surface area contributed by atoms with Crippen LogP contribution in [-0.2, 0) is 11.3 Å². The summed E-state index contributed by atoms with van der Waals surface area (Å²) in [6.07, 6.45) is 0.943. The summed E-state index contributed by atoms with van der Waals surface area (Å²) in [7, 11) is 1.54. The standard InChI is InChI=1S/C15H17ClN2O3S/c1-10-9-22-15(20)18(10)7-3-4-14(19)17-11-5-6-13(21-2)12(16)8-11/h5-6,8-9H,3-4,7H2,1-2H3,(H,17,19). The predicted molar refractivity (Wildman–Crippen MR) is 89.2 cm³/mol. The van der Waals surface area contributed by atoms with E-state index < -0.39 is 0 Å². The number of hydrogen-bond acceptors (Lipinski definition) is 4. The van der Waals surface area contributed by atoms with E-state index in [1.807, 2.05) is 12.3 Å². The molecule has 0 aliphatic rings. The maximum atomic E-state index is 11.9. The third-order valence-corrected chi connectivity index (χ3v) is 4.37. The van der Waals surface area contributed by atoms with Crippen LogP contribution in [0.4, 0.5) is 5.69 Å². The Morgan fingerprint density at radius 3 is 2.82 bits per heavy atom. The van der Waals surface area contributed by atoms with E-state index in [0.717, 1.165) is 5.69 Å². The van der Waals surface area contributed by atoms with Gasteiger partial charge in [-0.3, -0.25) is 9.59 Å². The Bertz CT molecular complexity index is 724. The number of carbonyl (C=O) groups is 1. The smallest absolute Gasteiger partial charge is 0.307 e. The van der Waals surface area contributed by atoms with Crippen molar-refractivity contribution in [2.75, 3.05) is 12.4 Å². The van der Waals surface area contributed by atoms with Gasteiger partial charge in [-0.2, -0.15) is 0 Å². The van der Waals surface area contributed by atoms with Gasteiger partial charge >= 0.3 is 4.87 Å². The lowest BCUT2D eigenvalue weighted by Crippen LogP contribution is -2.17. The first-order chi connectivity index (χ1) is 10.5. The molecule has 0 fully saturated rings. The Morgan fingerprint density at radius 1 is 1.45 bits per heavy atom. The zero-order chi connectivity index (χ0) is 16.1. The van der Waals surface area contributed by atoms with Crippen molar-refractivity contribution in [2.24, 2.45) is 0 Å². The van der Waals surface area contributed by atoms with Gasteiger partial charge in [0.05, 0.1) is 12.1 Å². The number of rotatable bonds is 6. The molecule has 22 heavy (non-hydrogen) atoms. The largest absolute Gasteiger partial charge is 0.495 e.